The van der Waals surface area contributed by atoms with Gasteiger partial charge in [0, 0.05) is 30.6 Å². The molecule has 1 N–H and O–H groups in total. The molecule has 3 amide bonds. The third-order valence-electron chi connectivity index (χ3n) is 4.31. The summed E-state index contributed by atoms with van der Waals surface area (Å²) in [7, 11) is 0. The number of likely N-dealkylation sites (tertiary alicyclic amines) is 1. The normalized spacial score (nSPS) is 26.3. The average Bonchev–Trinajstić information content (AvgIpc) is 3.09. The summed E-state index contributed by atoms with van der Waals surface area (Å²) < 4.78 is 0. The maximum atomic E-state index is 12.6. The second kappa shape index (κ2) is 5.42. The van der Waals surface area contributed by atoms with Gasteiger partial charge < -0.3 is 5.32 Å². The molecule has 5 nitrogen and oxygen atoms in total. The predicted molar refractivity (Wildman–Crippen MR) is 82.3 cm³/mol. The maximum absolute atomic E-state index is 12.6. The summed E-state index contributed by atoms with van der Waals surface area (Å²) in [5, 5.41) is 5.02. The van der Waals surface area contributed by atoms with Crippen LogP contribution in [-0.2, 0) is 11.2 Å². The Morgan fingerprint density at radius 3 is 2.86 bits per heavy atom. The predicted octanol–water partition coefficient (Wildman–Crippen LogP) is 1.70. The fraction of sp³-hybridized carbons (Fsp3) is 0.600. The second-order valence-electron chi connectivity index (χ2n) is 6.14. The van der Waals surface area contributed by atoms with Crippen molar-refractivity contribution in [1.29, 1.82) is 0 Å². The SMILES string of the molecule is CC(C)N1C(=O)N[C@@]2(CCN(CCc3cccs3)C2)C1=O. The largest absolute Gasteiger partial charge is 0.325 e. The number of carbonyl (C=O) groups is 2. The monoisotopic (exact) mass is 307 g/mol. The molecular formula is C15H21N3O2S. The molecule has 0 unspecified atom stereocenters. The first-order valence-corrected chi connectivity index (χ1v) is 8.30. The van der Waals surface area contributed by atoms with Crippen LogP contribution >= 0.6 is 11.3 Å². The molecule has 3 rings (SSSR count). The summed E-state index contributed by atoms with van der Waals surface area (Å²) in [6.45, 7) is 6.18. The molecule has 0 bridgehead atoms. The topological polar surface area (TPSA) is 52.7 Å². The standard InChI is InChI=1S/C15H21N3O2S/c1-11(2)18-13(19)15(16-14(18)20)6-8-17(10-15)7-5-12-4-3-9-21-12/h3-4,9,11H,5-8,10H2,1-2H3,(H,16,20)/t15-/m1/s1. The number of hydrogen-bond donors (Lipinski definition) is 1. The van der Waals surface area contributed by atoms with Crippen molar-refractivity contribution in [1.82, 2.24) is 15.1 Å². The molecule has 2 aliphatic heterocycles. The lowest BCUT2D eigenvalue weighted by atomic mass is 9.98. The second-order valence-corrected chi connectivity index (χ2v) is 7.17. The van der Waals surface area contributed by atoms with Gasteiger partial charge in [0.15, 0.2) is 0 Å². The van der Waals surface area contributed by atoms with Crippen LogP contribution < -0.4 is 5.32 Å². The Kier molecular flexibility index (Phi) is 3.75. The summed E-state index contributed by atoms with van der Waals surface area (Å²) in [5.41, 5.74) is -0.684. The lowest BCUT2D eigenvalue weighted by molar-refractivity contribution is -0.132. The molecule has 3 heterocycles. The highest BCUT2D eigenvalue weighted by Crippen LogP contribution is 2.29. The summed E-state index contributed by atoms with van der Waals surface area (Å²) >= 11 is 1.76. The van der Waals surface area contributed by atoms with Gasteiger partial charge in [0.05, 0.1) is 0 Å². The van der Waals surface area contributed by atoms with E-state index in [1.165, 1.54) is 9.78 Å². The van der Waals surface area contributed by atoms with Crippen molar-refractivity contribution in [3.05, 3.63) is 22.4 Å². The maximum Gasteiger partial charge on any atom is 0.325 e. The summed E-state index contributed by atoms with van der Waals surface area (Å²) in [5.74, 6) is -0.0545. The molecule has 21 heavy (non-hydrogen) atoms. The molecule has 2 aliphatic rings. The first kappa shape index (κ1) is 14.5. The zero-order valence-corrected chi connectivity index (χ0v) is 13.3. The zero-order valence-electron chi connectivity index (χ0n) is 12.5. The van der Waals surface area contributed by atoms with Crippen molar-refractivity contribution >= 4 is 23.3 Å². The van der Waals surface area contributed by atoms with Gasteiger partial charge in [-0.05, 0) is 38.1 Å². The number of carbonyl (C=O) groups excluding carboxylic acids is 2. The highest BCUT2D eigenvalue weighted by Gasteiger charge is 2.54. The van der Waals surface area contributed by atoms with Gasteiger partial charge in [0.1, 0.15) is 5.54 Å². The number of thiophene rings is 1. The average molecular weight is 307 g/mol. The van der Waals surface area contributed by atoms with Crippen LogP contribution in [0.15, 0.2) is 17.5 Å². The first-order chi connectivity index (χ1) is 10.0. The molecule has 1 atom stereocenters. The van der Waals surface area contributed by atoms with Gasteiger partial charge in [0.2, 0.25) is 0 Å². The minimum absolute atomic E-state index is 0.0545. The fourth-order valence-corrected chi connectivity index (χ4v) is 3.89. The van der Waals surface area contributed by atoms with E-state index in [9.17, 15) is 9.59 Å². The highest BCUT2D eigenvalue weighted by atomic mass is 32.1. The minimum atomic E-state index is -0.684. The van der Waals surface area contributed by atoms with Crippen LogP contribution in [0.5, 0.6) is 0 Å². The molecule has 0 radical (unpaired) electrons. The Hall–Kier alpha value is -1.40. The van der Waals surface area contributed by atoms with Crippen LogP contribution in [0, 0.1) is 0 Å². The molecule has 114 valence electrons. The molecular weight excluding hydrogens is 286 g/mol. The Bertz CT molecular complexity index is 543. The van der Waals surface area contributed by atoms with Crippen molar-refractivity contribution in [2.45, 2.75) is 38.3 Å². The molecule has 1 aromatic rings. The molecule has 1 aromatic heterocycles. The van der Waals surface area contributed by atoms with E-state index in [1.807, 2.05) is 13.8 Å². The van der Waals surface area contributed by atoms with Gasteiger partial charge in [-0.15, -0.1) is 11.3 Å². The van der Waals surface area contributed by atoms with E-state index < -0.39 is 5.54 Å². The molecule has 1 spiro atoms. The van der Waals surface area contributed by atoms with Crippen molar-refractivity contribution < 1.29 is 9.59 Å². The third kappa shape index (κ3) is 2.58. The smallest absolute Gasteiger partial charge is 0.322 e. The summed E-state index contributed by atoms with van der Waals surface area (Å²) in [4.78, 5) is 29.6. The van der Waals surface area contributed by atoms with Crippen LogP contribution in [0.25, 0.3) is 0 Å². The molecule has 6 heteroatoms. The van der Waals surface area contributed by atoms with E-state index >= 15 is 0 Å². The van der Waals surface area contributed by atoms with Crippen molar-refractivity contribution in [3.8, 4) is 0 Å². The molecule has 0 aromatic carbocycles. The van der Waals surface area contributed by atoms with E-state index in [1.54, 1.807) is 11.3 Å². The van der Waals surface area contributed by atoms with E-state index in [0.717, 1.165) is 19.5 Å². The number of amides is 3. The Balaban J connectivity index is 1.63. The van der Waals surface area contributed by atoms with E-state index in [2.05, 4.69) is 27.7 Å². The molecule has 0 aliphatic carbocycles. The van der Waals surface area contributed by atoms with Gasteiger partial charge in [-0.2, -0.15) is 0 Å². The van der Waals surface area contributed by atoms with Gasteiger partial charge in [-0.1, -0.05) is 6.07 Å². The summed E-state index contributed by atoms with van der Waals surface area (Å²) in [6.07, 6.45) is 1.72. The fourth-order valence-electron chi connectivity index (χ4n) is 3.19. The number of rotatable bonds is 4. The van der Waals surface area contributed by atoms with Gasteiger partial charge in [0.25, 0.3) is 5.91 Å². The Morgan fingerprint density at radius 2 is 2.24 bits per heavy atom. The summed E-state index contributed by atoms with van der Waals surface area (Å²) in [6, 6.07) is 3.87. The number of hydrogen-bond acceptors (Lipinski definition) is 4. The van der Waals surface area contributed by atoms with Gasteiger partial charge in [-0.25, -0.2) is 4.79 Å². The molecule has 2 fully saturated rings. The van der Waals surface area contributed by atoms with Crippen LogP contribution in [0.4, 0.5) is 4.79 Å². The number of nitrogens with zero attached hydrogens (tertiary/aromatic N) is 2. The molecule has 2 saturated heterocycles. The van der Waals surface area contributed by atoms with Crippen molar-refractivity contribution in [2.24, 2.45) is 0 Å². The van der Waals surface area contributed by atoms with Crippen LogP contribution in [0.3, 0.4) is 0 Å². The Labute approximate surface area is 128 Å². The van der Waals surface area contributed by atoms with Gasteiger partial charge in [-0.3, -0.25) is 14.6 Å². The third-order valence-corrected chi connectivity index (χ3v) is 5.25. The van der Waals surface area contributed by atoms with Crippen LogP contribution in [0.1, 0.15) is 25.1 Å². The quantitative estimate of drug-likeness (QED) is 0.861. The number of nitrogens with one attached hydrogen (secondary N) is 1. The Morgan fingerprint density at radius 1 is 1.43 bits per heavy atom. The van der Waals surface area contributed by atoms with E-state index in [4.69, 9.17) is 0 Å². The van der Waals surface area contributed by atoms with Gasteiger partial charge >= 0.3 is 6.03 Å². The lowest BCUT2D eigenvalue weighted by Crippen LogP contribution is -2.49. The number of urea groups is 1. The first-order valence-electron chi connectivity index (χ1n) is 7.42. The highest BCUT2D eigenvalue weighted by molar-refractivity contribution is 7.09. The van der Waals surface area contributed by atoms with Crippen molar-refractivity contribution in [3.63, 3.8) is 0 Å². The number of imide groups is 1. The van der Waals surface area contributed by atoms with E-state index in [0.29, 0.717) is 13.0 Å². The minimum Gasteiger partial charge on any atom is -0.322 e. The van der Waals surface area contributed by atoms with Crippen LogP contribution in [-0.4, -0.2) is 53.0 Å². The van der Waals surface area contributed by atoms with Crippen molar-refractivity contribution in [2.75, 3.05) is 19.6 Å². The lowest BCUT2D eigenvalue weighted by Gasteiger charge is -2.23. The molecule has 0 saturated carbocycles. The van der Waals surface area contributed by atoms with Crippen LogP contribution in [0.2, 0.25) is 0 Å². The van der Waals surface area contributed by atoms with E-state index in [-0.39, 0.29) is 18.0 Å². The zero-order chi connectivity index (χ0) is 15.0.